The topological polar surface area (TPSA) is 78.4 Å². The van der Waals surface area contributed by atoms with Crippen molar-refractivity contribution in [2.45, 2.75) is 20.8 Å². The molecule has 1 amide bonds. The van der Waals surface area contributed by atoms with E-state index in [4.69, 9.17) is 11.6 Å². The molecule has 3 N–H and O–H groups in total. The number of guanidine groups is 1. The van der Waals surface area contributed by atoms with Crippen molar-refractivity contribution in [1.82, 2.24) is 20.9 Å². The maximum atomic E-state index is 12.4. The Kier molecular flexibility index (Phi) is 9.88. The van der Waals surface area contributed by atoms with E-state index in [0.29, 0.717) is 18.1 Å². The first-order valence-corrected chi connectivity index (χ1v) is 11.1. The van der Waals surface area contributed by atoms with Gasteiger partial charge in [-0.2, -0.15) is 0 Å². The zero-order valence-corrected chi connectivity index (χ0v) is 20.4. The highest BCUT2D eigenvalue weighted by molar-refractivity contribution is 6.31. The van der Waals surface area contributed by atoms with Crippen molar-refractivity contribution in [2.75, 3.05) is 26.2 Å². The second-order valence-electron chi connectivity index (χ2n) is 7.84. The number of rotatable bonds is 10. The Hall–Kier alpha value is -3.38. The summed E-state index contributed by atoms with van der Waals surface area (Å²) in [7, 11) is 0. The summed E-state index contributed by atoms with van der Waals surface area (Å²) < 4.78 is 0. The molecule has 0 aliphatic carbocycles. The highest BCUT2D eigenvalue weighted by atomic mass is 35.5. The average molecular weight is 466 g/mol. The van der Waals surface area contributed by atoms with Gasteiger partial charge in [-0.25, -0.2) is 0 Å². The predicted octanol–water partition coefficient (Wildman–Crippen LogP) is 4.11. The standard InChI is InChI=1S/C26H32ClN5O/c1-17(11-18(2)22(6)27)15-30-25(33)8-7-23(16-31-26-28-9-10-29-26)12-19(3)24-13-20(4)32-21(5)14-24/h7-8,11-14H,1,3,6,9-10,15-16H2,2,4-5H3,(H,30,33)(H2,28,29,31)/b8-7+,18-11-,23-12+. The molecule has 0 saturated carbocycles. The Bertz CT molecular complexity index is 1040. The van der Waals surface area contributed by atoms with Gasteiger partial charge < -0.3 is 16.0 Å². The number of carbonyl (C=O) groups is 1. The third-order valence-corrected chi connectivity index (χ3v) is 5.03. The lowest BCUT2D eigenvalue weighted by Gasteiger charge is -2.10. The van der Waals surface area contributed by atoms with Gasteiger partial charge in [0.25, 0.3) is 0 Å². The molecule has 1 aromatic heterocycles. The third-order valence-electron chi connectivity index (χ3n) is 4.73. The van der Waals surface area contributed by atoms with Crippen LogP contribution in [0, 0.1) is 13.8 Å². The van der Waals surface area contributed by atoms with Gasteiger partial charge in [0, 0.05) is 42.1 Å². The number of hydrogen-bond acceptors (Lipinski definition) is 5. The van der Waals surface area contributed by atoms with Gasteiger partial charge in [0.2, 0.25) is 5.91 Å². The second kappa shape index (κ2) is 12.6. The van der Waals surface area contributed by atoms with E-state index < -0.39 is 0 Å². The van der Waals surface area contributed by atoms with Crippen molar-refractivity contribution >= 4 is 29.0 Å². The number of aromatic nitrogens is 1. The fourth-order valence-corrected chi connectivity index (χ4v) is 3.12. The molecular weight excluding hydrogens is 434 g/mol. The highest BCUT2D eigenvalue weighted by Gasteiger charge is 2.06. The molecule has 0 spiro atoms. The van der Waals surface area contributed by atoms with E-state index in [0.717, 1.165) is 58.3 Å². The quantitative estimate of drug-likeness (QED) is 0.359. The van der Waals surface area contributed by atoms with Gasteiger partial charge >= 0.3 is 0 Å². The van der Waals surface area contributed by atoms with Crippen molar-refractivity contribution < 1.29 is 4.79 Å². The Morgan fingerprint density at radius 3 is 2.45 bits per heavy atom. The van der Waals surface area contributed by atoms with Crippen LogP contribution >= 0.6 is 11.6 Å². The lowest BCUT2D eigenvalue weighted by Crippen LogP contribution is -2.34. The fourth-order valence-electron chi connectivity index (χ4n) is 3.06. The first-order chi connectivity index (χ1) is 15.6. The number of carbonyl (C=O) groups excluding carboxylic acids is 1. The Morgan fingerprint density at radius 1 is 1.15 bits per heavy atom. The van der Waals surface area contributed by atoms with E-state index in [2.05, 4.69) is 45.7 Å². The summed E-state index contributed by atoms with van der Waals surface area (Å²) in [5.41, 5.74) is 6.11. The third kappa shape index (κ3) is 9.33. The summed E-state index contributed by atoms with van der Waals surface area (Å²) in [6.07, 6.45) is 7.02. The van der Waals surface area contributed by atoms with E-state index in [1.807, 2.05) is 39.0 Å². The van der Waals surface area contributed by atoms with Crippen LogP contribution in [-0.4, -0.2) is 43.0 Å². The molecule has 0 unspecified atom stereocenters. The van der Waals surface area contributed by atoms with Crippen LogP contribution in [0.25, 0.3) is 5.57 Å². The molecular formula is C26H32ClN5O. The summed E-state index contributed by atoms with van der Waals surface area (Å²) in [4.78, 5) is 21.1. The maximum absolute atomic E-state index is 12.4. The van der Waals surface area contributed by atoms with Crippen molar-refractivity contribution in [3.63, 3.8) is 0 Å². The van der Waals surface area contributed by atoms with Gasteiger partial charge in [-0.1, -0.05) is 43.5 Å². The van der Waals surface area contributed by atoms with Crippen LogP contribution in [0.15, 0.2) is 82.9 Å². The van der Waals surface area contributed by atoms with Crippen LogP contribution in [0.5, 0.6) is 0 Å². The minimum absolute atomic E-state index is 0.227. The van der Waals surface area contributed by atoms with Crippen molar-refractivity contribution in [3.8, 4) is 0 Å². The Labute approximate surface area is 201 Å². The number of aliphatic imine (C=N–C) groups is 1. The van der Waals surface area contributed by atoms with Crippen LogP contribution in [0.4, 0.5) is 0 Å². The number of hydrogen-bond donors (Lipinski definition) is 3. The summed E-state index contributed by atoms with van der Waals surface area (Å²) in [5, 5.41) is 9.71. The number of halogens is 1. The molecule has 0 aromatic carbocycles. The fraction of sp³-hybridized carbons (Fsp3) is 0.269. The van der Waals surface area contributed by atoms with Crippen LogP contribution in [0.2, 0.25) is 0 Å². The maximum Gasteiger partial charge on any atom is 0.244 e. The van der Waals surface area contributed by atoms with E-state index in [1.54, 1.807) is 12.2 Å². The minimum atomic E-state index is -0.227. The summed E-state index contributed by atoms with van der Waals surface area (Å²) in [6, 6.07) is 3.99. The second-order valence-corrected chi connectivity index (χ2v) is 8.29. The molecule has 0 radical (unpaired) electrons. The van der Waals surface area contributed by atoms with Crippen LogP contribution in [0.1, 0.15) is 23.9 Å². The molecule has 1 aromatic rings. The first-order valence-electron chi connectivity index (χ1n) is 10.7. The minimum Gasteiger partial charge on any atom is -0.355 e. The number of amides is 1. The molecule has 0 atom stereocenters. The van der Waals surface area contributed by atoms with Crippen molar-refractivity contribution in [3.05, 3.63) is 94.9 Å². The molecule has 33 heavy (non-hydrogen) atoms. The largest absolute Gasteiger partial charge is 0.355 e. The predicted molar refractivity (Wildman–Crippen MR) is 139 cm³/mol. The zero-order valence-electron chi connectivity index (χ0n) is 19.6. The monoisotopic (exact) mass is 465 g/mol. The molecule has 7 heteroatoms. The van der Waals surface area contributed by atoms with Gasteiger partial charge in [-0.3, -0.25) is 14.8 Å². The summed E-state index contributed by atoms with van der Waals surface area (Å²) in [6.45, 7) is 19.9. The number of aryl methyl sites for hydroxylation is 2. The summed E-state index contributed by atoms with van der Waals surface area (Å²) >= 11 is 5.86. The molecule has 2 heterocycles. The lowest BCUT2D eigenvalue weighted by atomic mass is 10.0. The number of nitrogens with one attached hydrogen (secondary N) is 3. The van der Waals surface area contributed by atoms with Gasteiger partial charge in [0.15, 0.2) is 5.96 Å². The molecule has 0 fully saturated rings. The van der Waals surface area contributed by atoms with Gasteiger partial charge in [0.1, 0.15) is 0 Å². The number of nitrogens with zero attached hydrogens (tertiary/aromatic N) is 2. The smallest absolute Gasteiger partial charge is 0.244 e. The normalized spacial score (nSPS) is 14.0. The average Bonchev–Trinajstić information content (AvgIpc) is 3.26. The van der Waals surface area contributed by atoms with Crippen LogP contribution in [-0.2, 0) is 4.79 Å². The Balaban J connectivity index is 2.09. The van der Waals surface area contributed by atoms with Gasteiger partial charge in [-0.05, 0) is 66.8 Å². The molecule has 0 bridgehead atoms. The SMILES string of the molecule is C=C(/C=C(/C)C(=C)Cl)CNC(=O)/C=C/C(=C\C(=C)c1cc(C)nc(C)c1)CNC1=NCCN1. The number of allylic oxidation sites excluding steroid dienone is 4. The highest BCUT2D eigenvalue weighted by Crippen LogP contribution is 2.18. The molecule has 1 aliphatic heterocycles. The first kappa shape index (κ1) is 25.9. The van der Waals surface area contributed by atoms with Crippen LogP contribution < -0.4 is 16.0 Å². The molecule has 0 saturated heterocycles. The number of pyridine rings is 1. The van der Waals surface area contributed by atoms with E-state index in [1.165, 1.54) is 6.08 Å². The molecule has 1 aliphatic rings. The summed E-state index contributed by atoms with van der Waals surface area (Å²) in [5.74, 6) is 0.523. The molecule has 6 nitrogen and oxygen atoms in total. The van der Waals surface area contributed by atoms with Gasteiger partial charge in [0.05, 0.1) is 6.54 Å². The molecule has 174 valence electrons. The van der Waals surface area contributed by atoms with Crippen LogP contribution in [0.3, 0.4) is 0 Å². The van der Waals surface area contributed by atoms with Gasteiger partial charge in [-0.15, -0.1) is 0 Å². The van der Waals surface area contributed by atoms with Crippen molar-refractivity contribution in [2.24, 2.45) is 4.99 Å². The van der Waals surface area contributed by atoms with Crippen molar-refractivity contribution in [1.29, 1.82) is 0 Å². The zero-order chi connectivity index (χ0) is 24.4. The molecule has 2 rings (SSSR count). The lowest BCUT2D eigenvalue weighted by molar-refractivity contribution is -0.116. The van der Waals surface area contributed by atoms with E-state index in [9.17, 15) is 4.79 Å². The Morgan fingerprint density at radius 2 is 1.85 bits per heavy atom. The van der Waals surface area contributed by atoms with E-state index >= 15 is 0 Å². The van der Waals surface area contributed by atoms with E-state index in [-0.39, 0.29) is 5.91 Å².